The van der Waals surface area contributed by atoms with Crippen LogP contribution in [0.4, 0.5) is 0 Å². The minimum Gasteiger partial charge on any atom is -0.493 e. The Morgan fingerprint density at radius 1 is 1.32 bits per heavy atom. The smallest absolute Gasteiger partial charge is 0.122 e. The zero-order valence-corrected chi connectivity index (χ0v) is 13.4. The highest BCUT2D eigenvalue weighted by atomic mass is 16.5. The van der Waals surface area contributed by atoms with Crippen LogP contribution < -0.4 is 10.1 Å². The van der Waals surface area contributed by atoms with E-state index in [-0.39, 0.29) is 0 Å². The summed E-state index contributed by atoms with van der Waals surface area (Å²) in [7, 11) is 0. The Hall–Kier alpha value is -1.10. The molecule has 0 aliphatic carbocycles. The van der Waals surface area contributed by atoms with E-state index in [2.05, 4.69) is 28.4 Å². The van der Waals surface area contributed by atoms with E-state index in [1.807, 2.05) is 0 Å². The fraction of sp³-hybridized carbons (Fsp3) is 0.667. The van der Waals surface area contributed by atoms with Crippen LogP contribution in [0.1, 0.15) is 36.8 Å². The SMILES string of the molecule is OCC1CCCN1CCCCNCc1ccc2c(c1)CCO2. The molecule has 1 atom stereocenters. The number of aliphatic hydroxyl groups is 1. The first-order valence-corrected chi connectivity index (χ1v) is 8.67. The van der Waals surface area contributed by atoms with Gasteiger partial charge in [-0.3, -0.25) is 4.90 Å². The molecule has 0 bridgehead atoms. The molecule has 1 aromatic rings. The van der Waals surface area contributed by atoms with Gasteiger partial charge in [-0.25, -0.2) is 0 Å². The van der Waals surface area contributed by atoms with Gasteiger partial charge in [-0.05, 0) is 62.5 Å². The maximum absolute atomic E-state index is 9.31. The third kappa shape index (κ3) is 4.00. The fourth-order valence-corrected chi connectivity index (χ4v) is 3.54. The average Bonchev–Trinajstić information content (AvgIpc) is 3.18. The lowest BCUT2D eigenvalue weighted by molar-refractivity contribution is 0.157. The highest BCUT2D eigenvalue weighted by molar-refractivity contribution is 5.39. The number of nitrogens with zero attached hydrogens (tertiary/aromatic N) is 1. The van der Waals surface area contributed by atoms with Gasteiger partial charge in [0.25, 0.3) is 0 Å². The lowest BCUT2D eigenvalue weighted by atomic mass is 10.1. The molecule has 1 aromatic carbocycles. The van der Waals surface area contributed by atoms with Crippen LogP contribution in [0.2, 0.25) is 0 Å². The van der Waals surface area contributed by atoms with Crippen molar-refractivity contribution < 1.29 is 9.84 Å². The number of fused-ring (bicyclic) bond motifs is 1. The van der Waals surface area contributed by atoms with Crippen LogP contribution in [0.3, 0.4) is 0 Å². The van der Waals surface area contributed by atoms with Crippen molar-refractivity contribution in [3.63, 3.8) is 0 Å². The summed E-state index contributed by atoms with van der Waals surface area (Å²) in [6.45, 7) is 5.44. The second-order valence-corrected chi connectivity index (χ2v) is 6.44. The first kappa shape index (κ1) is 15.8. The summed E-state index contributed by atoms with van der Waals surface area (Å²) < 4.78 is 5.53. The van der Waals surface area contributed by atoms with Crippen LogP contribution >= 0.6 is 0 Å². The van der Waals surface area contributed by atoms with Gasteiger partial charge in [0.1, 0.15) is 5.75 Å². The van der Waals surface area contributed by atoms with Crippen molar-refractivity contribution >= 4 is 0 Å². The maximum atomic E-state index is 9.31. The molecule has 1 fully saturated rings. The second kappa shape index (κ2) is 7.95. The maximum Gasteiger partial charge on any atom is 0.122 e. The van der Waals surface area contributed by atoms with E-state index in [0.717, 1.165) is 51.4 Å². The standard InChI is InChI=1S/C18H28N2O2/c21-14-17-4-3-10-20(17)9-2-1-8-19-13-15-5-6-18-16(12-15)7-11-22-18/h5-6,12,17,19,21H,1-4,7-11,13-14H2. The molecule has 0 radical (unpaired) electrons. The molecule has 4 heteroatoms. The molecule has 2 N–H and O–H groups in total. The van der Waals surface area contributed by atoms with E-state index in [0.29, 0.717) is 12.6 Å². The number of benzene rings is 1. The number of likely N-dealkylation sites (tertiary alicyclic amines) is 1. The summed E-state index contributed by atoms with van der Waals surface area (Å²) in [5.74, 6) is 1.06. The van der Waals surface area contributed by atoms with Crippen molar-refractivity contribution in [2.75, 3.05) is 32.8 Å². The molecule has 4 nitrogen and oxygen atoms in total. The zero-order valence-electron chi connectivity index (χ0n) is 13.4. The van der Waals surface area contributed by atoms with Crippen molar-refractivity contribution in [2.45, 2.75) is 44.7 Å². The van der Waals surface area contributed by atoms with Gasteiger partial charge in [0.05, 0.1) is 13.2 Å². The Labute approximate surface area is 133 Å². The molecule has 22 heavy (non-hydrogen) atoms. The van der Waals surface area contributed by atoms with E-state index in [1.165, 1.54) is 30.4 Å². The van der Waals surface area contributed by atoms with Crippen LogP contribution in [0, 0.1) is 0 Å². The van der Waals surface area contributed by atoms with Crippen molar-refractivity contribution in [3.8, 4) is 5.75 Å². The number of nitrogens with one attached hydrogen (secondary N) is 1. The number of hydrogen-bond donors (Lipinski definition) is 2. The number of unbranched alkanes of at least 4 members (excludes halogenated alkanes) is 1. The third-order valence-electron chi connectivity index (χ3n) is 4.84. The summed E-state index contributed by atoms with van der Waals surface area (Å²) in [6.07, 6.45) is 5.86. The predicted octanol–water partition coefficient (Wildman–Crippen LogP) is 1.95. The van der Waals surface area contributed by atoms with E-state index >= 15 is 0 Å². The van der Waals surface area contributed by atoms with Gasteiger partial charge in [0.2, 0.25) is 0 Å². The van der Waals surface area contributed by atoms with E-state index in [4.69, 9.17) is 4.74 Å². The molecule has 2 heterocycles. The van der Waals surface area contributed by atoms with Crippen LogP contribution in [-0.4, -0.2) is 48.9 Å². The van der Waals surface area contributed by atoms with Gasteiger partial charge in [-0.1, -0.05) is 12.1 Å². The molecule has 3 rings (SSSR count). The zero-order chi connectivity index (χ0) is 15.2. The summed E-state index contributed by atoms with van der Waals surface area (Å²) in [5, 5.41) is 12.8. The van der Waals surface area contributed by atoms with Gasteiger partial charge in [0, 0.05) is 19.0 Å². The Kier molecular flexibility index (Phi) is 5.70. The molecule has 0 spiro atoms. The minimum absolute atomic E-state index is 0.320. The molecule has 2 aliphatic rings. The Balaban J connectivity index is 1.29. The normalized spacial score (nSPS) is 21.0. The van der Waals surface area contributed by atoms with E-state index < -0.39 is 0 Å². The second-order valence-electron chi connectivity index (χ2n) is 6.44. The Morgan fingerprint density at radius 3 is 3.18 bits per heavy atom. The average molecular weight is 304 g/mol. The summed E-state index contributed by atoms with van der Waals surface area (Å²) >= 11 is 0. The fourth-order valence-electron chi connectivity index (χ4n) is 3.54. The monoisotopic (exact) mass is 304 g/mol. The molecule has 0 saturated carbocycles. The minimum atomic E-state index is 0.320. The summed E-state index contributed by atoms with van der Waals surface area (Å²) in [5.41, 5.74) is 2.70. The number of ether oxygens (including phenoxy) is 1. The molecule has 1 saturated heterocycles. The lowest BCUT2D eigenvalue weighted by Crippen LogP contribution is -2.33. The van der Waals surface area contributed by atoms with Crippen LogP contribution in [-0.2, 0) is 13.0 Å². The number of rotatable bonds is 8. The number of hydrogen-bond acceptors (Lipinski definition) is 4. The van der Waals surface area contributed by atoms with Crippen molar-refractivity contribution in [1.82, 2.24) is 10.2 Å². The van der Waals surface area contributed by atoms with Crippen LogP contribution in [0.25, 0.3) is 0 Å². The molecule has 122 valence electrons. The Morgan fingerprint density at radius 2 is 2.27 bits per heavy atom. The van der Waals surface area contributed by atoms with E-state index in [1.54, 1.807) is 0 Å². The third-order valence-corrected chi connectivity index (χ3v) is 4.84. The van der Waals surface area contributed by atoms with Gasteiger partial charge >= 0.3 is 0 Å². The summed E-state index contributed by atoms with van der Waals surface area (Å²) in [6, 6.07) is 6.95. The quantitative estimate of drug-likeness (QED) is 0.721. The van der Waals surface area contributed by atoms with Crippen molar-refractivity contribution in [1.29, 1.82) is 0 Å². The van der Waals surface area contributed by atoms with Crippen molar-refractivity contribution in [3.05, 3.63) is 29.3 Å². The highest BCUT2D eigenvalue weighted by Gasteiger charge is 2.22. The summed E-state index contributed by atoms with van der Waals surface area (Å²) in [4.78, 5) is 2.44. The van der Waals surface area contributed by atoms with Gasteiger partial charge in [-0.15, -0.1) is 0 Å². The van der Waals surface area contributed by atoms with Gasteiger partial charge < -0.3 is 15.2 Å². The van der Waals surface area contributed by atoms with Gasteiger partial charge in [-0.2, -0.15) is 0 Å². The largest absolute Gasteiger partial charge is 0.493 e. The molecule has 0 aromatic heterocycles. The predicted molar refractivity (Wildman–Crippen MR) is 88.3 cm³/mol. The number of aliphatic hydroxyl groups excluding tert-OH is 1. The first-order chi connectivity index (χ1) is 10.9. The molecule has 0 amide bonds. The highest BCUT2D eigenvalue weighted by Crippen LogP contribution is 2.25. The van der Waals surface area contributed by atoms with Crippen LogP contribution in [0.5, 0.6) is 5.75 Å². The van der Waals surface area contributed by atoms with Crippen LogP contribution in [0.15, 0.2) is 18.2 Å². The lowest BCUT2D eigenvalue weighted by Gasteiger charge is -2.22. The topological polar surface area (TPSA) is 44.7 Å². The molecular formula is C18H28N2O2. The van der Waals surface area contributed by atoms with E-state index in [9.17, 15) is 5.11 Å². The molecular weight excluding hydrogens is 276 g/mol. The first-order valence-electron chi connectivity index (χ1n) is 8.67. The molecule has 1 unspecified atom stereocenters. The van der Waals surface area contributed by atoms with Gasteiger partial charge in [0.15, 0.2) is 0 Å². The van der Waals surface area contributed by atoms with Crippen molar-refractivity contribution in [2.24, 2.45) is 0 Å². The molecule has 2 aliphatic heterocycles. The Bertz CT molecular complexity index is 478.